The molecule has 1 aliphatic carbocycles. The lowest BCUT2D eigenvalue weighted by atomic mass is 10.1. The Hall–Kier alpha value is -0.0800. The fourth-order valence-electron chi connectivity index (χ4n) is 2.71. The second-order valence-corrected chi connectivity index (χ2v) is 5.03. The average Bonchev–Trinajstić information content (AvgIpc) is 2.69. The van der Waals surface area contributed by atoms with Crippen molar-refractivity contribution in [2.75, 3.05) is 26.7 Å². The maximum Gasteiger partial charge on any atom is 0.0192 e. The molecule has 1 fully saturated rings. The normalized spacial score (nSPS) is 20.0. The molecule has 0 radical (unpaired) electrons. The third-order valence-electron chi connectivity index (χ3n) is 3.56. The molecule has 0 heterocycles. The van der Waals surface area contributed by atoms with E-state index in [4.69, 9.17) is 0 Å². The van der Waals surface area contributed by atoms with Gasteiger partial charge in [-0.05, 0) is 38.8 Å². The van der Waals surface area contributed by atoms with Gasteiger partial charge < -0.3 is 10.2 Å². The standard InChI is InChI=1S/C13H28N2/c1-4-13(14-5-2)11-15(3)10-12-8-6-7-9-12/h12-14H,4-11H2,1-3H3. The quantitative estimate of drug-likeness (QED) is 0.697. The first-order valence-corrected chi connectivity index (χ1v) is 6.68. The smallest absolute Gasteiger partial charge is 0.0192 e. The van der Waals surface area contributed by atoms with Gasteiger partial charge in [0.15, 0.2) is 0 Å². The Morgan fingerprint density at radius 3 is 2.47 bits per heavy atom. The zero-order valence-corrected chi connectivity index (χ0v) is 10.8. The Kier molecular flexibility index (Phi) is 6.26. The maximum absolute atomic E-state index is 3.55. The number of nitrogens with one attached hydrogen (secondary N) is 1. The molecule has 1 atom stereocenters. The summed E-state index contributed by atoms with van der Waals surface area (Å²) >= 11 is 0. The number of rotatable bonds is 7. The van der Waals surface area contributed by atoms with Crippen LogP contribution in [0.2, 0.25) is 0 Å². The van der Waals surface area contributed by atoms with Crippen molar-refractivity contribution < 1.29 is 0 Å². The van der Waals surface area contributed by atoms with Gasteiger partial charge in [-0.1, -0.05) is 26.7 Å². The summed E-state index contributed by atoms with van der Waals surface area (Å²) in [6.07, 6.45) is 7.08. The van der Waals surface area contributed by atoms with Gasteiger partial charge in [0.1, 0.15) is 0 Å². The Morgan fingerprint density at radius 2 is 1.93 bits per heavy atom. The maximum atomic E-state index is 3.55. The van der Waals surface area contributed by atoms with Crippen molar-refractivity contribution in [3.63, 3.8) is 0 Å². The number of nitrogens with zero attached hydrogens (tertiary/aromatic N) is 1. The minimum Gasteiger partial charge on any atom is -0.313 e. The highest BCUT2D eigenvalue weighted by Crippen LogP contribution is 2.25. The second kappa shape index (κ2) is 7.24. The van der Waals surface area contributed by atoms with Gasteiger partial charge in [0, 0.05) is 19.1 Å². The van der Waals surface area contributed by atoms with Crippen molar-refractivity contribution in [2.24, 2.45) is 5.92 Å². The first-order chi connectivity index (χ1) is 7.26. The van der Waals surface area contributed by atoms with Gasteiger partial charge in [0.25, 0.3) is 0 Å². The van der Waals surface area contributed by atoms with Crippen LogP contribution in [0.25, 0.3) is 0 Å². The van der Waals surface area contributed by atoms with Gasteiger partial charge >= 0.3 is 0 Å². The van der Waals surface area contributed by atoms with E-state index >= 15 is 0 Å². The Morgan fingerprint density at radius 1 is 1.27 bits per heavy atom. The van der Waals surface area contributed by atoms with E-state index in [1.165, 1.54) is 45.2 Å². The summed E-state index contributed by atoms with van der Waals surface area (Å²) < 4.78 is 0. The van der Waals surface area contributed by atoms with Gasteiger partial charge in [-0.15, -0.1) is 0 Å². The zero-order valence-electron chi connectivity index (χ0n) is 10.8. The van der Waals surface area contributed by atoms with Gasteiger partial charge in [-0.2, -0.15) is 0 Å². The van der Waals surface area contributed by atoms with Crippen LogP contribution in [0.15, 0.2) is 0 Å². The van der Waals surface area contributed by atoms with Crippen LogP contribution < -0.4 is 5.32 Å². The highest BCUT2D eigenvalue weighted by atomic mass is 15.1. The Labute approximate surface area is 95.4 Å². The van der Waals surface area contributed by atoms with Crippen LogP contribution in [0.3, 0.4) is 0 Å². The minimum absolute atomic E-state index is 0.682. The summed E-state index contributed by atoms with van der Waals surface area (Å²) in [6.45, 7) is 8.08. The molecule has 1 unspecified atom stereocenters. The molecule has 0 aromatic rings. The van der Waals surface area contributed by atoms with Crippen molar-refractivity contribution in [3.05, 3.63) is 0 Å². The van der Waals surface area contributed by atoms with E-state index in [9.17, 15) is 0 Å². The number of hydrogen-bond acceptors (Lipinski definition) is 2. The first-order valence-electron chi connectivity index (χ1n) is 6.68. The van der Waals surface area contributed by atoms with Crippen molar-refractivity contribution in [1.29, 1.82) is 0 Å². The van der Waals surface area contributed by atoms with Crippen LogP contribution in [0, 0.1) is 5.92 Å². The predicted molar refractivity (Wildman–Crippen MR) is 67.2 cm³/mol. The molecule has 0 bridgehead atoms. The zero-order chi connectivity index (χ0) is 11.1. The molecular formula is C13H28N2. The van der Waals surface area contributed by atoms with E-state index in [0.29, 0.717) is 6.04 Å². The number of hydrogen-bond donors (Lipinski definition) is 1. The summed E-state index contributed by atoms with van der Waals surface area (Å²) in [7, 11) is 2.28. The predicted octanol–water partition coefficient (Wildman–Crippen LogP) is 2.50. The van der Waals surface area contributed by atoms with Crippen LogP contribution in [0.5, 0.6) is 0 Å². The topological polar surface area (TPSA) is 15.3 Å². The highest BCUT2D eigenvalue weighted by Gasteiger charge is 2.17. The van der Waals surface area contributed by atoms with Crippen LogP contribution in [-0.4, -0.2) is 37.6 Å². The van der Waals surface area contributed by atoms with Gasteiger partial charge in [-0.25, -0.2) is 0 Å². The van der Waals surface area contributed by atoms with E-state index in [1.807, 2.05) is 0 Å². The highest BCUT2D eigenvalue weighted by molar-refractivity contribution is 4.73. The summed E-state index contributed by atoms with van der Waals surface area (Å²) in [5, 5.41) is 3.55. The molecule has 15 heavy (non-hydrogen) atoms. The van der Waals surface area contributed by atoms with Crippen molar-refractivity contribution >= 4 is 0 Å². The van der Waals surface area contributed by atoms with E-state index in [1.54, 1.807) is 0 Å². The fourth-order valence-corrected chi connectivity index (χ4v) is 2.71. The van der Waals surface area contributed by atoms with Crippen molar-refractivity contribution in [1.82, 2.24) is 10.2 Å². The molecule has 1 aliphatic rings. The van der Waals surface area contributed by atoms with Gasteiger partial charge in [0.2, 0.25) is 0 Å². The molecule has 0 amide bonds. The summed E-state index contributed by atoms with van der Waals surface area (Å²) in [5.41, 5.74) is 0. The lowest BCUT2D eigenvalue weighted by Crippen LogP contribution is -2.40. The first kappa shape index (κ1) is 13.0. The molecule has 2 heteroatoms. The largest absolute Gasteiger partial charge is 0.313 e. The molecule has 2 nitrogen and oxygen atoms in total. The van der Waals surface area contributed by atoms with E-state index < -0.39 is 0 Å². The summed E-state index contributed by atoms with van der Waals surface area (Å²) in [6, 6.07) is 0.682. The molecule has 1 rings (SSSR count). The number of likely N-dealkylation sites (N-methyl/N-ethyl adjacent to an activating group) is 2. The Balaban J connectivity index is 2.17. The van der Waals surface area contributed by atoms with Crippen LogP contribution in [0.1, 0.15) is 46.0 Å². The minimum atomic E-state index is 0.682. The van der Waals surface area contributed by atoms with E-state index in [0.717, 1.165) is 12.5 Å². The molecular weight excluding hydrogens is 184 g/mol. The van der Waals surface area contributed by atoms with Gasteiger partial charge in [-0.3, -0.25) is 0 Å². The lowest BCUT2D eigenvalue weighted by Gasteiger charge is -2.26. The van der Waals surface area contributed by atoms with Crippen LogP contribution in [0.4, 0.5) is 0 Å². The van der Waals surface area contributed by atoms with Crippen LogP contribution >= 0.6 is 0 Å². The third kappa shape index (κ3) is 4.98. The van der Waals surface area contributed by atoms with E-state index in [-0.39, 0.29) is 0 Å². The van der Waals surface area contributed by atoms with Crippen molar-refractivity contribution in [2.45, 2.75) is 52.0 Å². The molecule has 0 aromatic heterocycles. The SMILES string of the molecule is CCNC(CC)CN(C)CC1CCCC1. The third-order valence-corrected chi connectivity index (χ3v) is 3.56. The summed E-state index contributed by atoms with van der Waals surface area (Å²) in [5.74, 6) is 0.981. The molecule has 0 spiro atoms. The molecule has 90 valence electrons. The molecule has 1 saturated carbocycles. The van der Waals surface area contributed by atoms with Crippen LogP contribution in [-0.2, 0) is 0 Å². The fraction of sp³-hybridized carbons (Fsp3) is 1.00. The van der Waals surface area contributed by atoms with Crippen molar-refractivity contribution in [3.8, 4) is 0 Å². The molecule has 1 N–H and O–H groups in total. The Bertz CT molecular complexity index is 153. The second-order valence-electron chi connectivity index (χ2n) is 5.03. The summed E-state index contributed by atoms with van der Waals surface area (Å²) in [4.78, 5) is 2.52. The van der Waals surface area contributed by atoms with E-state index in [2.05, 4.69) is 31.1 Å². The molecule has 0 aliphatic heterocycles. The molecule has 0 saturated heterocycles. The van der Waals surface area contributed by atoms with Gasteiger partial charge in [0.05, 0.1) is 0 Å². The molecule has 0 aromatic carbocycles. The monoisotopic (exact) mass is 212 g/mol. The average molecular weight is 212 g/mol. The lowest BCUT2D eigenvalue weighted by molar-refractivity contribution is 0.247.